The molecule has 0 aliphatic heterocycles. The van der Waals surface area contributed by atoms with Crippen molar-refractivity contribution >= 4 is 17.5 Å². The molecule has 0 heterocycles. The van der Waals surface area contributed by atoms with Gasteiger partial charge in [-0.1, -0.05) is 24.6 Å². The van der Waals surface area contributed by atoms with Gasteiger partial charge in [0.15, 0.2) is 6.10 Å². The Morgan fingerprint density at radius 1 is 1.56 bits per heavy atom. The topological polar surface area (TPSA) is 64.3 Å². The van der Waals surface area contributed by atoms with Gasteiger partial charge in [0.1, 0.15) is 5.75 Å². The molecule has 0 aromatic heterocycles. The predicted octanol–water partition coefficient (Wildman–Crippen LogP) is 1.96. The monoisotopic (exact) mass is 270 g/mol. The van der Waals surface area contributed by atoms with Crippen LogP contribution in [0.2, 0.25) is 5.02 Å². The third-order valence-corrected chi connectivity index (χ3v) is 2.78. The second-order valence-electron chi connectivity index (χ2n) is 4.13. The van der Waals surface area contributed by atoms with E-state index in [4.69, 9.17) is 22.1 Å². The van der Waals surface area contributed by atoms with E-state index in [-0.39, 0.29) is 11.9 Å². The Morgan fingerprint density at radius 2 is 2.28 bits per heavy atom. The molecule has 0 aliphatic rings. The van der Waals surface area contributed by atoms with Crippen molar-refractivity contribution in [1.82, 2.24) is 5.32 Å². The SMILES string of the molecule is CCC(N)CNC(=O)C(C)Oc1cccc(Cl)c1. The average Bonchev–Trinajstić information content (AvgIpc) is 2.35. The minimum absolute atomic E-state index is 0.0210. The zero-order chi connectivity index (χ0) is 13.5. The van der Waals surface area contributed by atoms with Crippen molar-refractivity contribution in [3.63, 3.8) is 0 Å². The first-order valence-corrected chi connectivity index (χ1v) is 6.36. The number of hydrogen-bond donors (Lipinski definition) is 2. The number of ether oxygens (including phenoxy) is 1. The largest absolute Gasteiger partial charge is 0.481 e. The molecule has 0 saturated heterocycles. The lowest BCUT2D eigenvalue weighted by Crippen LogP contribution is -2.42. The molecule has 2 atom stereocenters. The van der Waals surface area contributed by atoms with Crippen LogP contribution < -0.4 is 15.8 Å². The quantitative estimate of drug-likeness (QED) is 0.831. The van der Waals surface area contributed by atoms with E-state index in [1.54, 1.807) is 31.2 Å². The molecule has 4 nitrogen and oxygen atoms in total. The van der Waals surface area contributed by atoms with Gasteiger partial charge < -0.3 is 15.8 Å². The number of hydrogen-bond acceptors (Lipinski definition) is 3. The highest BCUT2D eigenvalue weighted by Gasteiger charge is 2.15. The maximum absolute atomic E-state index is 11.7. The molecule has 5 heteroatoms. The second kappa shape index (κ2) is 7.24. The van der Waals surface area contributed by atoms with Crippen LogP contribution in [0, 0.1) is 0 Å². The van der Waals surface area contributed by atoms with E-state index in [1.165, 1.54) is 0 Å². The maximum Gasteiger partial charge on any atom is 0.260 e. The third-order valence-electron chi connectivity index (χ3n) is 2.54. The summed E-state index contributed by atoms with van der Waals surface area (Å²) in [7, 11) is 0. The zero-order valence-electron chi connectivity index (χ0n) is 10.7. The molecule has 0 radical (unpaired) electrons. The second-order valence-corrected chi connectivity index (χ2v) is 4.57. The van der Waals surface area contributed by atoms with Gasteiger partial charge in [-0.2, -0.15) is 0 Å². The van der Waals surface area contributed by atoms with Crippen LogP contribution in [0.25, 0.3) is 0 Å². The van der Waals surface area contributed by atoms with Crippen LogP contribution >= 0.6 is 11.6 Å². The summed E-state index contributed by atoms with van der Waals surface area (Å²) in [5, 5.41) is 3.32. The first-order chi connectivity index (χ1) is 8.52. The Balaban J connectivity index is 2.45. The van der Waals surface area contributed by atoms with Gasteiger partial charge in [0.2, 0.25) is 0 Å². The van der Waals surface area contributed by atoms with Crippen LogP contribution in [-0.2, 0) is 4.79 Å². The summed E-state index contributed by atoms with van der Waals surface area (Å²) in [6, 6.07) is 6.93. The fraction of sp³-hybridized carbons (Fsp3) is 0.462. The van der Waals surface area contributed by atoms with E-state index >= 15 is 0 Å². The van der Waals surface area contributed by atoms with Gasteiger partial charge in [-0.05, 0) is 31.5 Å². The molecular weight excluding hydrogens is 252 g/mol. The van der Waals surface area contributed by atoms with E-state index < -0.39 is 6.10 Å². The van der Waals surface area contributed by atoms with Crippen molar-refractivity contribution < 1.29 is 9.53 Å². The lowest BCUT2D eigenvalue weighted by Gasteiger charge is -2.16. The Kier molecular flexibility index (Phi) is 5.95. The molecule has 1 aromatic rings. The van der Waals surface area contributed by atoms with Gasteiger partial charge in [-0.25, -0.2) is 0 Å². The van der Waals surface area contributed by atoms with Crippen molar-refractivity contribution in [2.24, 2.45) is 5.73 Å². The number of benzene rings is 1. The standard InChI is InChI=1S/C13H19ClN2O2/c1-3-11(15)8-16-13(17)9(2)18-12-6-4-5-10(14)7-12/h4-7,9,11H,3,8,15H2,1-2H3,(H,16,17). The summed E-state index contributed by atoms with van der Waals surface area (Å²) >= 11 is 5.83. The van der Waals surface area contributed by atoms with E-state index in [1.807, 2.05) is 6.92 Å². The molecule has 0 saturated carbocycles. The Bertz CT molecular complexity index is 398. The summed E-state index contributed by atoms with van der Waals surface area (Å²) in [5.74, 6) is 0.392. The Labute approximate surface area is 112 Å². The van der Waals surface area contributed by atoms with Gasteiger partial charge in [0.05, 0.1) is 0 Å². The van der Waals surface area contributed by atoms with E-state index in [9.17, 15) is 4.79 Å². The van der Waals surface area contributed by atoms with Gasteiger partial charge in [0, 0.05) is 17.6 Å². The molecule has 100 valence electrons. The molecule has 0 aliphatic carbocycles. The van der Waals surface area contributed by atoms with Crippen molar-refractivity contribution in [2.75, 3.05) is 6.54 Å². The first kappa shape index (κ1) is 14.8. The number of nitrogens with one attached hydrogen (secondary N) is 1. The fourth-order valence-corrected chi connectivity index (χ4v) is 1.50. The summed E-state index contributed by atoms with van der Waals surface area (Å²) in [5.41, 5.74) is 5.72. The smallest absolute Gasteiger partial charge is 0.260 e. The molecule has 0 bridgehead atoms. The lowest BCUT2D eigenvalue weighted by atomic mass is 10.2. The molecule has 18 heavy (non-hydrogen) atoms. The van der Waals surface area contributed by atoms with Crippen LogP contribution in [0.1, 0.15) is 20.3 Å². The predicted molar refractivity (Wildman–Crippen MR) is 72.8 cm³/mol. The summed E-state index contributed by atoms with van der Waals surface area (Å²) < 4.78 is 5.49. The average molecular weight is 271 g/mol. The molecule has 0 fully saturated rings. The normalized spacial score (nSPS) is 13.8. The van der Waals surface area contributed by atoms with Crippen molar-refractivity contribution in [3.8, 4) is 5.75 Å². The number of halogens is 1. The van der Waals surface area contributed by atoms with Crippen molar-refractivity contribution in [1.29, 1.82) is 0 Å². The lowest BCUT2D eigenvalue weighted by molar-refractivity contribution is -0.127. The van der Waals surface area contributed by atoms with Crippen molar-refractivity contribution in [3.05, 3.63) is 29.3 Å². The number of amides is 1. The number of carbonyl (C=O) groups is 1. The molecule has 1 aromatic carbocycles. The van der Waals surface area contributed by atoms with E-state index in [0.29, 0.717) is 17.3 Å². The first-order valence-electron chi connectivity index (χ1n) is 5.98. The maximum atomic E-state index is 11.7. The van der Waals surface area contributed by atoms with Crippen LogP contribution in [0.5, 0.6) is 5.75 Å². The summed E-state index contributed by atoms with van der Waals surface area (Å²) in [4.78, 5) is 11.7. The number of carbonyl (C=O) groups excluding carboxylic acids is 1. The summed E-state index contributed by atoms with van der Waals surface area (Å²) in [6.07, 6.45) is 0.247. The molecule has 0 spiro atoms. The third kappa shape index (κ3) is 4.94. The molecular formula is C13H19ClN2O2. The Morgan fingerprint density at radius 3 is 2.89 bits per heavy atom. The van der Waals surface area contributed by atoms with Gasteiger partial charge >= 0.3 is 0 Å². The van der Waals surface area contributed by atoms with Crippen molar-refractivity contribution in [2.45, 2.75) is 32.4 Å². The summed E-state index contributed by atoms with van der Waals surface area (Å²) in [6.45, 7) is 4.12. The minimum Gasteiger partial charge on any atom is -0.481 e. The fourth-order valence-electron chi connectivity index (χ4n) is 1.32. The van der Waals surface area contributed by atoms with Crippen LogP contribution in [-0.4, -0.2) is 24.6 Å². The van der Waals surface area contributed by atoms with Crippen LogP contribution in [0.4, 0.5) is 0 Å². The van der Waals surface area contributed by atoms with Crippen LogP contribution in [0.15, 0.2) is 24.3 Å². The van der Waals surface area contributed by atoms with Crippen LogP contribution in [0.3, 0.4) is 0 Å². The van der Waals surface area contributed by atoms with E-state index in [0.717, 1.165) is 6.42 Å². The number of rotatable bonds is 6. The van der Waals surface area contributed by atoms with E-state index in [2.05, 4.69) is 5.32 Å². The molecule has 1 rings (SSSR count). The molecule has 2 unspecified atom stereocenters. The highest BCUT2D eigenvalue weighted by molar-refractivity contribution is 6.30. The Hall–Kier alpha value is -1.26. The number of nitrogens with two attached hydrogens (primary N) is 1. The minimum atomic E-state index is -0.576. The van der Waals surface area contributed by atoms with Gasteiger partial charge in [0.25, 0.3) is 5.91 Å². The molecule has 3 N–H and O–H groups in total. The highest BCUT2D eigenvalue weighted by Crippen LogP contribution is 2.18. The zero-order valence-corrected chi connectivity index (χ0v) is 11.4. The molecule has 1 amide bonds. The highest BCUT2D eigenvalue weighted by atomic mass is 35.5. The van der Waals surface area contributed by atoms with Gasteiger partial charge in [-0.3, -0.25) is 4.79 Å². The van der Waals surface area contributed by atoms with Gasteiger partial charge in [-0.15, -0.1) is 0 Å².